The summed E-state index contributed by atoms with van der Waals surface area (Å²) in [6.07, 6.45) is -0.520. The highest BCUT2D eigenvalue weighted by Gasteiger charge is 2.28. The average molecular weight is 282 g/mol. The van der Waals surface area contributed by atoms with E-state index in [2.05, 4.69) is 9.47 Å². The van der Waals surface area contributed by atoms with Gasteiger partial charge in [-0.3, -0.25) is 9.36 Å². The van der Waals surface area contributed by atoms with Gasteiger partial charge in [-0.15, -0.1) is 0 Å². The molecule has 0 aromatic heterocycles. The number of hydrogen-bond acceptors (Lipinski definition) is 7. The van der Waals surface area contributed by atoms with E-state index in [0.29, 0.717) is 0 Å². The highest BCUT2D eigenvalue weighted by molar-refractivity contribution is 7.54. The number of ether oxygens (including phenoxy) is 2. The van der Waals surface area contributed by atoms with Gasteiger partial charge in [0.2, 0.25) is 0 Å². The molecule has 7 nitrogen and oxygen atoms in total. The number of esters is 2. The number of rotatable bonds is 9. The quantitative estimate of drug-likeness (QED) is 0.466. The third-order valence-electron chi connectivity index (χ3n) is 1.63. The van der Waals surface area contributed by atoms with Gasteiger partial charge in [0.25, 0.3) is 0 Å². The Morgan fingerprint density at radius 1 is 0.889 bits per heavy atom. The van der Waals surface area contributed by atoms with Gasteiger partial charge in [0.1, 0.15) is 6.16 Å². The van der Waals surface area contributed by atoms with Crippen molar-refractivity contribution < 1.29 is 32.7 Å². The molecule has 18 heavy (non-hydrogen) atoms. The second-order valence-corrected chi connectivity index (χ2v) is 5.12. The Bertz CT molecular complexity index is 305. The Labute approximate surface area is 106 Å². The maximum Gasteiger partial charge on any atom is 0.344 e. The van der Waals surface area contributed by atoms with Crippen molar-refractivity contribution in [2.75, 3.05) is 32.6 Å². The van der Waals surface area contributed by atoms with Crippen molar-refractivity contribution in [1.29, 1.82) is 0 Å². The summed E-state index contributed by atoms with van der Waals surface area (Å²) >= 11 is 0. The van der Waals surface area contributed by atoms with E-state index in [1.165, 1.54) is 0 Å². The first kappa shape index (κ1) is 17.1. The molecular weight excluding hydrogens is 263 g/mol. The molecule has 106 valence electrons. The van der Waals surface area contributed by atoms with Crippen LogP contribution in [-0.2, 0) is 32.7 Å². The van der Waals surface area contributed by atoms with Crippen LogP contribution in [0.2, 0.25) is 0 Å². The lowest BCUT2D eigenvalue weighted by Gasteiger charge is -2.15. The SMILES string of the molecule is CCOC(=O)COC(=O)CP(=O)(OCC)OCC. The minimum Gasteiger partial charge on any atom is -0.463 e. The van der Waals surface area contributed by atoms with E-state index in [1.54, 1.807) is 20.8 Å². The molecule has 0 saturated carbocycles. The molecule has 0 aliphatic carbocycles. The lowest BCUT2D eigenvalue weighted by molar-refractivity contribution is -0.157. The van der Waals surface area contributed by atoms with Crippen LogP contribution in [0.3, 0.4) is 0 Å². The summed E-state index contributed by atoms with van der Waals surface area (Å²) < 4.78 is 30.9. The topological polar surface area (TPSA) is 88.1 Å². The van der Waals surface area contributed by atoms with Gasteiger partial charge in [-0.1, -0.05) is 0 Å². The van der Waals surface area contributed by atoms with Crippen LogP contribution >= 0.6 is 7.60 Å². The summed E-state index contributed by atoms with van der Waals surface area (Å²) in [4.78, 5) is 22.3. The second kappa shape index (κ2) is 9.08. The second-order valence-electron chi connectivity index (χ2n) is 3.07. The van der Waals surface area contributed by atoms with Crippen molar-refractivity contribution in [2.45, 2.75) is 20.8 Å². The van der Waals surface area contributed by atoms with Crippen molar-refractivity contribution in [1.82, 2.24) is 0 Å². The summed E-state index contributed by atoms with van der Waals surface area (Å²) in [7, 11) is -3.48. The summed E-state index contributed by atoms with van der Waals surface area (Å²) in [6.45, 7) is 4.91. The molecular formula is C10H19O7P. The van der Waals surface area contributed by atoms with Gasteiger partial charge < -0.3 is 18.5 Å². The molecule has 0 rings (SSSR count). The highest BCUT2D eigenvalue weighted by Crippen LogP contribution is 2.47. The number of carbonyl (C=O) groups excluding carboxylic acids is 2. The molecule has 0 bridgehead atoms. The maximum absolute atomic E-state index is 11.9. The molecule has 0 unspecified atom stereocenters. The predicted octanol–water partition coefficient (Wildman–Crippen LogP) is 1.36. The van der Waals surface area contributed by atoms with Crippen LogP contribution in [0, 0.1) is 0 Å². The summed E-state index contributed by atoms with van der Waals surface area (Å²) in [6, 6.07) is 0. The lowest BCUT2D eigenvalue weighted by Crippen LogP contribution is -2.19. The molecule has 0 aromatic rings. The summed E-state index contributed by atoms with van der Waals surface area (Å²) in [5, 5.41) is 0. The number of hydrogen-bond donors (Lipinski definition) is 0. The average Bonchev–Trinajstić information content (AvgIpc) is 2.27. The summed E-state index contributed by atoms with van der Waals surface area (Å²) in [5.74, 6) is -1.48. The van der Waals surface area contributed by atoms with Gasteiger partial charge in [0.05, 0.1) is 19.8 Å². The van der Waals surface area contributed by atoms with Crippen molar-refractivity contribution in [3.63, 3.8) is 0 Å². The zero-order valence-electron chi connectivity index (χ0n) is 10.8. The smallest absolute Gasteiger partial charge is 0.344 e. The molecule has 0 aliphatic rings. The standard InChI is InChI=1S/C10H19O7P/c1-4-14-9(11)7-15-10(12)8-18(13,16-5-2)17-6-3/h4-8H2,1-3H3. The fourth-order valence-electron chi connectivity index (χ4n) is 1.07. The molecule has 0 saturated heterocycles. The fourth-order valence-corrected chi connectivity index (χ4v) is 2.52. The van der Waals surface area contributed by atoms with E-state index >= 15 is 0 Å². The van der Waals surface area contributed by atoms with Gasteiger partial charge in [-0.25, -0.2) is 4.79 Å². The highest BCUT2D eigenvalue weighted by atomic mass is 31.2. The fraction of sp³-hybridized carbons (Fsp3) is 0.800. The predicted molar refractivity (Wildman–Crippen MR) is 63.3 cm³/mol. The zero-order valence-corrected chi connectivity index (χ0v) is 11.7. The van der Waals surface area contributed by atoms with Crippen LogP contribution in [0.15, 0.2) is 0 Å². The first-order valence-electron chi connectivity index (χ1n) is 5.66. The minimum atomic E-state index is -3.48. The first-order chi connectivity index (χ1) is 8.47. The summed E-state index contributed by atoms with van der Waals surface area (Å²) in [5.41, 5.74) is 0. The first-order valence-corrected chi connectivity index (χ1v) is 7.39. The number of carbonyl (C=O) groups is 2. The molecule has 0 atom stereocenters. The Hall–Kier alpha value is -0.910. The van der Waals surface area contributed by atoms with E-state index in [-0.39, 0.29) is 19.8 Å². The largest absolute Gasteiger partial charge is 0.463 e. The van der Waals surface area contributed by atoms with Crippen LogP contribution in [0.5, 0.6) is 0 Å². The van der Waals surface area contributed by atoms with Crippen LogP contribution in [0.4, 0.5) is 0 Å². The van der Waals surface area contributed by atoms with Gasteiger partial charge in [0, 0.05) is 0 Å². The van der Waals surface area contributed by atoms with E-state index in [0.717, 1.165) is 0 Å². The normalized spacial score (nSPS) is 11.1. The van der Waals surface area contributed by atoms with Crippen molar-refractivity contribution >= 4 is 19.5 Å². The molecule has 0 aromatic carbocycles. The molecule has 0 amide bonds. The van der Waals surface area contributed by atoms with Gasteiger partial charge >= 0.3 is 19.5 Å². The molecule has 0 fully saturated rings. The van der Waals surface area contributed by atoms with E-state index in [9.17, 15) is 14.2 Å². The van der Waals surface area contributed by atoms with E-state index in [4.69, 9.17) is 9.05 Å². The molecule has 8 heteroatoms. The van der Waals surface area contributed by atoms with Crippen LogP contribution in [-0.4, -0.2) is 44.5 Å². The monoisotopic (exact) mass is 282 g/mol. The third kappa shape index (κ3) is 7.42. The Kier molecular flexibility index (Phi) is 8.62. The van der Waals surface area contributed by atoms with Crippen LogP contribution in [0.1, 0.15) is 20.8 Å². The lowest BCUT2D eigenvalue weighted by atomic mass is 10.7. The molecule has 0 spiro atoms. The maximum atomic E-state index is 11.9. The minimum absolute atomic E-state index is 0.155. The zero-order chi connectivity index (χ0) is 14.0. The van der Waals surface area contributed by atoms with Crippen molar-refractivity contribution in [3.05, 3.63) is 0 Å². The van der Waals surface area contributed by atoms with Crippen molar-refractivity contribution in [2.24, 2.45) is 0 Å². The van der Waals surface area contributed by atoms with Crippen LogP contribution in [0.25, 0.3) is 0 Å². The van der Waals surface area contributed by atoms with E-state index < -0.39 is 32.3 Å². The van der Waals surface area contributed by atoms with Gasteiger partial charge in [-0.2, -0.15) is 0 Å². The van der Waals surface area contributed by atoms with E-state index in [1.807, 2.05) is 0 Å². The molecule has 0 aliphatic heterocycles. The Morgan fingerprint density at radius 3 is 1.89 bits per heavy atom. The van der Waals surface area contributed by atoms with Gasteiger partial charge in [0.15, 0.2) is 6.61 Å². The van der Waals surface area contributed by atoms with Gasteiger partial charge in [-0.05, 0) is 20.8 Å². The van der Waals surface area contributed by atoms with Crippen molar-refractivity contribution in [3.8, 4) is 0 Å². The third-order valence-corrected chi connectivity index (χ3v) is 3.58. The Morgan fingerprint density at radius 2 is 1.44 bits per heavy atom. The molecule has 0 radical (unpaired) electrons. The molecule has 0 heterocycles. The molecule has 0 N–H and O–H groups in total. The Balaban J connectivity index is 4.18. The van der Waals surface area contributed by atoms with Crippen LogP contribution < -0.4 is 0 Å².